The van der Waals surface area contributed by atoms with Crippen LogP contribution in [0.1, 0.15) is 15.9 Å². The van der Waals surface area contributed by atoms with E-state index in [0.717, 1.165) is 12.2 Å². The number of methoxy groups -OCH3 is 1. The number of benzene rings is 1. The molecule has 5 heteroatoms. The lowest BCUT2D eigenvalue weighted by atomic mass is 10.2. The Hall–Kier alpha value is -1.52. The van der Waals surface area contributed by atoms with Crippen LogP contribution in [0.2, 0.25) is 5.02 Å². The van der Waals surface area contributed by atoms with Crippen LogP contribution in [-0.4, -0.2) is 13.1 Å². The minimum atomic E-state index is -0.426. The summed E-state index contributed by atoms with van der Waals surface area (Å²) < 4.78 is 4.63. The first-order valence-electron chi connectivity index (χ1n) is 5.33. The van der Waals surface area contributed by atoms with Crippen LogP contribution in [0.4, 0.5) is 5.69 Å². The lowest BCUT2D eigenvalue weighted by Gasteiger charge is -2.07. The summed E-state index contributed by atoms with van der Waals surface area (Å²) in [6.45, 7) is 0.734. The van der Waals surface area contributed by atoms with Crippen molar-refractivity contribution >= 4 is 34.6 Å². The summed E-state index contributed by atoms with van der Waals surface area (Å²) in [4.78, 5) is 11.4. The highest BCUT2D eigenvalue weighted by Gasteiger charge is 2.10. The minimum Gasteiger partial charge on any atom is -0.465 e. The third-order valence-corrected chi connectivity index (χ3v) is 3.50. The molecule has 1 N–H and O–H groups in total. The number of ether oxygens (including phenoxy) is 1. The molecule has 2 aromatic rings. The number of halogens is 1. The molecule has 0 atom stereocenters. The number of hydrogen-bond acceptors (Lipinski definition) is 4. The maximum Gasteiger partial charge on any atom is 0.339 e. The zero-order valence-corrected chi connectivity index (χ0v) is 11.3. The molecule has 0 aliphatic carbocycles. The number of hydrogen-bond donors (Lipinski definition) is 1. The SMILES string of the molecule is COC(=O)c1ccc(NCc2ccsc2)cc1Cl. The van der Waals surface area contributed by atoms with Gasteiger partial charge in [0.2, 0.25) is 0 Å². The number of anilines is 1. The van der Waals surface area contributed by atoms with Crippen LogP contribution in [0.5, 0.6) is 0 Å². The maximum atomic E-state index is 11.4. The van der Waals surface area contributed by atoms with Gasteiger partial charge in [-0.3, -0.25) is 0 Å². The van der Waals surface area contributed by atoms with Crippen molar-refractivity contribution in [3.63, 3.8) is 0 Å². The zero-order chi connectivity index (χ0) is 13.0. The molecule has 1 aromatic carbocycles. The Balaban J connectivity index is 2.07. The van der Waals surface area contributed by atoms with Crippen molar-refractivity contribution in [3.8, 4) is 0 Å². The average molecular weight is 282 g/mol. The first-order chi connectivity index (χ1) is 8.70. The lowest BCUT2D eigenvalue weighted by Crippen LogP contribution is -2.03. The molecule has 0 spiro atoms. The van der Waals surface area contributed by atoms with E-state index in [4.69, 9.17) is 11.6 Å². The van der Waals surface area contributed by atoms with E-state index in [0.29, 0.717) is 10.6 Å². The molecule has 0 aliphatic heterocycles. The van der Waals surface area contributed by atoms with E-state index in [2.05, 4.69) is 21.5 Å². The van der Waals surface area contributed by atoms with E-state index in [1.165, 1.54) is 12.7 Å². The molecule has 94 valence electrons. The first kappa shape index (κ1) is 12.9. The van der Waals surface area contributed by atoms with E-state index in [1.54, 1.807) is 23.5 Å². The molecule has 18 heavy (non-hydrogen) atoms. The molecule has 1 heterocycles. The van der Waals surface area contributed by atoms with Crippen molar-refractivity contribution in [3.05, 3.63) is 51.2 Å². The van der Waals surface area contributed by atoms with Gasteiger partial charge < -0.3 is 10.1 Å². The van der Waals surface area contributed by atoms with Crippen molar-refractivity contribution in [2.45, 2.75) is 6.54 Å². The van der Waals surface area contributed by atoms with E-state index >= 15 is 0 Å². The summed E-state index contributed by atoms with van der Waals surface area (Å²) in [7, 11) is 1.33. The molecule has 0 unspecified atom stereocenters. The summed E-state index contributed by atoms with van der Waals surface area (Å²) >= 11 is 7.68. The number of thiophene rings is 1. The molecule has 1 aromatic heterocycles. The third-order valence-electron chi connectivity index (χ3n) is 2.45. The number of carbonyl (C=O) groups excluding carboxylic acids is 1. The molecular weight excluding hydrogens is 270 g/mol. The molecule has 0 radical (unpaired) electrons. The van der Waals surface area contributed by atoms with Crippen molar-refractivity contribution in [1.29, 1.82) is 0 Å². The molecular formula is C13H12ClNO2S. The van der Waals surface area contributed by atoms with Gasteiger partial charge in [-0.1, -0.05) is 11.6 Å². The smallest absolute Gasteiger partial charge is 0.339 e. The van der Waals surface area contributed by atoms with Crippen LogP contribution in [0, 0.1) is 0 Å². The number of esters is 1. The van der Waals surface area contributed by atoms with Crippen LogP contribution in [0.3, 0.4) is 0 Å². The minimum absolute atomic E-state index is 0.375. The summed E-state index contributed by atoms with van der Waals surface area (Å²) in [5.41, 5.74) is 2.47. The van der Waals surface area contributed by atoms with Crippen LogP contribution >= 0.6 is 22.9 Å². The van der Waals surface area contributed by atoms with E-state index in [-0.39, 0.29) is 0 Å². The summed E-state index contributed by atoms with van der Waals surface area (Å²) in [5, 5.41) is 7.74. The second kappa shape index (κ2) is 5.89. The quantitative estimate of drug-likeness (QED) is 0.866. The second-order valence-electron chi connectivity index (χ2n) is 3.67. The number of carbonyl (C=O) groups is 1. The molecule has 2 rings (SSSR count). The molecule has 0 bridgehead atoms. The lowest BCUT2D eigenvalue weighted by molar-refractivity contribution is 0.0601. The van der Waals surface area contributed by atoms with Gasteiger partial charge in [-0.25, -0.2) is 4.79 Å². The van der Waals surface area contributed by atoms with Gasteiger partial charge in [-0.15, -0.1) is 0 Å². The number of rotatable bonds is 4. The standard InChI is InChI=1S/C13H12ClNO2S/c1-17-13(16)11-3-2-10(6-12(11)14)15-7-9-4-5-18-8-9/h2-6,8,15H,7H2,1H3. The topological polar surface area (TPSA) is 38.3 Å². The van der Waals surface area contributed by atoms with Gasteiger partial charge in [0.15, 0.2) is 0 Å². The predicted molar refractivity (Wildman–Crippen MR) is 74.4 cm³/mol. The fraction of sp³-hybridized carbons (Fsp3) is 0.154. The van der Waals surface area contributed by atoms with Gasteiger partial charge >= 0.3 is 5.97 Å². The van der Waals surface area contributed by atoms with Crippen molar-refractivity contribution in [1.82, 2.24) is 0 Å². The Morgan fingerprint density at radius 1 is 1.44 bits per heavy atom. The van der Waals surface area contributed by atoms with Crippen LogP contribution in [-0.2, 0) is 11.3 Å². The molecule has 0 saturated carbocycles. The van der Waals surface area contributed by atoms with E-state index < -0.39 is 5.97 Å². The first-order valence-corrected chi connectivity index (χ1v) is 6.65. The Bertz CT molecular complexity index is 540. The zero-order valence-electron chi connectivity index (χ0n) is 9.77. The highest BCUT2D eigenvalue weighted by atomic mass is 35.5. The largest absolute Gasteiger partial charge is 0.465 e. The van der Waals surface area contributed by atoms with Crippen molar-refractivity contribution in [2.24, 2.45) is 0 Å². The van der Waals surface area contributed by atoms with E-state index in [9.17, 15) is 4.79 Å². The molecule has 0 saturated heterocycles. The molecule has 3 nitrogen and oxygen atoms in total. The van der Waals surface area contributed by atoms with Crippen LogP contribution in [0.15, 0.2) is 35.0 Å². The second-order valence-corrected chi connectivity index (χ2v) is 4.86. The Morgan fingerprint density at radius 2 is 2.28 bits per heavy atom. The van der Waals surface area contributed by atoms with Crippen LogP contribution in [0.25, 0.3) is 0 Å². The molecule has 0 amide bonds. The van der Waals surface area contributed by atoms with Gasteiger partial charge in [-0.2, -0.15) is 11.3 Å². The fourth-order valence-electron chi connectivity index (χ4n) is 1.50. The monoisotopic (exact) mass is 281 g/mol. The Morgan fingerprint density at radius 3 is 2.89 bits per heavy atom. The van der Waals surface area contributed by atoms with Gasteiger partial charge in [0, 0.05) is 12.2 Å². The predicted octanol–water partition coefficient (Wildman–Crippen LogP) is 3.80. The Kier molecular flexibility index (Phi) is 4.23. The van der Waals surface area contributed by atoms with E-state index in [1.807, 2.05) is 11.4 Å². The van der Waals surface area contributed by atoms with Gasteiger partial charge in [0.25, 0.3) is 0 Å². The van der Waals surface area contributed by atoms with Gasteiger partial charge in [0.1, 0.15) is 0 Å². The highest BCUT2D eigenvalue weighted by molar-refractivity contribution is 7.07. The average Bonchev–Trinajstić information content (AvgIpc) is 2.88. The molecule has 0 aliphatic rings. The fourth-order valence-corrected chi connectivity index (χ4v) is 2.42. The summed E-state index contributed by atoms with van der Waals surface area (Å²) in [5.74, 6) is -0.426. The normalized spacial score (nSPS) is 10.1. The number of nitrogens with one attached hydrogen (secondary N) is 1. The van der Waals surface area contributed by atoms with Crippen molar-refractivity contribution in [2.75, 3.05) is 12.4 Å². The highest BCUT2D eigenvalue weighted by Crippen LogP contribution is 2.22. The summed E-state index contributed by atoms with van der Waals surface area (Å²) in [6.07, 6.45) is 0. The van der Waals surface area contributed by atoms with Crippen LogP contribution < -0.4 is 5.32 Å². The Labute approximate surface area is 114 Å². The maximum absolute atomic E-state index is 11.4. The summed E-state index contributed by atoms with van der Waals surface area (Å²) in [6, 6.07) is 7.25. The molecule has 0 fully saturated rings. The van der Waals surface area contributed by atoms with Crippen molar-refractivity contribution < 1.29 is 9.53 Å². The van der Waals surface area contributed by atoms with Gasteiger partial charge in [-0.05, 0) is 40.6 Å². The van der Waals surface area contributed by atoms with Gasteiger partial charge in [0.05, 0.1) is 17.7 Å². The third kappa shape index (κ3) is 3.03.